The number of benzene rings is 1. The van der Waals surface area contributed by atoms with Gasteiger partial charge in [0.15, 0.2) is 0 Å². The van der Waals surface area contributed by atoms with Crippen molar-refractivity contribution in [3.05, 3.63) is 33.9 Å². The van der Waals surface area contributed by atoms with Gasteiger partial charge in [0.1, 0.15) is 11.5 Å². The highest BCUT2D eigenvalue weighted by Crippen LogP contribution is 2.52. The lowest BCUT2D eigenvalue weighted by Gasteiger charge is -2.39. The van der Waals surface area contributed by atoms with Crippen LogP contribution in [0.4, 0.5) is 13.2 Å². The highest BCUT2D eigenvalue weighted by atomic mass is 19.4. The molecule has 3 rings (SSSR count). The average molecular weight is 332 g/mol. The van der Waals surface area contributed by atoms with E-state index in [1.54, 1.807) is 7.05 Å². The summed E-state index contributed by atoms with van der Waals surface area (Å²) in [6.45, 7) is -0.178. The van der Waals surface area contributed by atoms with Gasteiger partial charge in [0.25, 0.3) is 11.6 Å². The van der Waals surface area contributed by atoms with Crippen LogP contribution in [0.15, 0.2) is 18.2 Å². The maximum atomic E-state index is 13.5. The number of fused-ring (bicyclic) bond motifs is 3. The Labute approximate surface area is 129 Å². The van der Waals surface area contributed by atoms with E-state index >= 15 is 0 Å². The zero-order chi connectivity index (χ0) is 17.0. The number of likely N-dealkylation sites (N-methyl/N-ethyl adjacent to an activating group) is 1. The molecule has 1 aromatic carbocycles. The van der Waals surface area contributed by atoms with Gasteiger partial charge in [0, 0.05) is 17.0 Å². The van der Waals surface area contributed by atoms with Gasteiger partial charge in [-0.15, -0.1) is 0 Å². The Morgan fingerprint density at radius 2 is 2.17 bits per heavy atom. The number of alkyl halides is 3. The SMILES string of the molecule is COc1ccc2c(c1)[C@@H]1CN(C)C[C@]1([N+](=O)[O-])[C@H](C(F)(F)F)O2. The first kappa shape index (κ1) is 15.9. The molecular formula is C14H15F3N2O4. The number of nitro groups is 1. The van der Waals surface area contributed by atoms with E-state index in [1.165, 1.54) is 30.2 Å². The lowest BCUT2D eigenvalue weighted by Crippen LogP contribution is -2.64. The molecule has 0 spiro atoms. The molecule has 0 N–H and O–H groups in total. The van der Waals surface area contributed by atoms with Crippen LogP contribution in [0.3, 0.4) is 0 Å². The first-order chi connectivity index (χ1) is 10.7. The van der Waals surface area contributed by atoms with Gasteiger partial charge in [-0.25, -0.2) is 0 Å². The number of ether oxygens (including phenoxy) is 2. The summed E-state index contributed by atoms with van der Waals surface area (Å²) in [6.07, 6.45) is -7.32. The Morgan fingerprint density at radius 3 is 2.74 bits per heavy atom. The zero-order valence-electron chi connectivity index (χ0n) is 12.5. The van der Waals surface area contributed by atoms with E-state index in [0.29, 0.717) is 11.3 Å². The summed E-state index contributed by atoms with van der Waals surface area (Å²) in [5.74, 6) is -0.483. The summed E-state index contributed by atoms with van der Waals surface area (Å²) in [7, 11) is 2.99. The van der Waals surface area contributed by atoms with Crippen LogP contribution in [0, 0.1) is 10.1 Å². The van der Waals surface area contributed by atoms with Gasteiger partial charge in [-0.05, 0) is 25.2 Å². The molecule has 0 aliphatic carbocycles. The van der Waals surface area contributed by atoms with Crippen LogP contribution in [0.5, 0.6) is 11.5 Å². The molecule has 1 fully saturated rings. The average Bonchev–Trinajstić information content (AvgIpc) is 2.83. The molecule has 0 aromatic heterocycles. The van der Waals surface area contributed by atoms with Crippen molar-refractivity contribution in [2.75, 3.05) is 27.2 Å². The molecule has 6 nitrogen and oxygen atoms in total. The number of nitrogens with zero attached hydrogens (tertiary/aromatic N) is 2. The normalized spacial score (nSPS) is 30.3. The maximum absolute atomic E-state index is 13.5. The molecule has 2 aliphatic rings. The second-order valence-electron chi connectivity index (χ2n) is 5.94. The van der Waals surface area contributed by atoms with E-state index in [9.17, 15) is 23.3 Å². The van der Waals surface area contributed by atoms with Crippen LogP contribution in [-0.2, 0) is 0 Å². The molecule has 0 amide bonds. The molecule has 0 radical (unpaired) electrons. The minimum absolute atomic E-state index is 0.0194. The van der Waals surface area contributed by atoms with Crippen molar-refractivity contribution in [1.82, 2.24) is 4.90 Å². The van der Waals surface area contributed by atoms with Crippen molar-refractivity contribution >= 4 is 0 Å². The Kier molecular flexibility index (Phi) is 3.44. The molecule has 2 heterocycles. The first-order valence-electron chi connectivity index (χ1n) is 6.94. The summed E-state index contributed by atoms with van der Waals surface area (Å²) in [6, 6.07) is 4.36. The van der Waals surface area contributed by atoms with Gasteiger partial charge < -0.3 is 9.47 Å². The minimum Gasteiger partial charge on any atom is -0.497 e. The molecule has 0 unspecified atom stereocenters. The molecule has 126 valence electrons. The standard InChI is InChI=1S/C14H15F3N2O4/c1-18-6-10-9-5-8(22-2)3-4-11(9)23-12(14(15,16)17)13(10,7-18)19(20)21/h3-5,10,12H,6-7H2,1-2H3/t10-,12+,13+/m0/s1. The quantitative estimate of drug-likeness (QED) is 0.613. The van der Waals surface area contributed by atoms with Gasteiger partial charge >= 0.3 is 6.18 Å². The monoisotopic (exact) mass is 332 g/mol. The van der Waals surface area contributed by atoms with Crippen molar-refractivity contribution in [2.45, 2.75) is 23.7 Å². The Bertz CT molecular complexity index is 651. The van der Waals surface area contributed by atoms with Crippen LogP contribution in [0.25, 0.3) is 0 Å². The highest BCUT2D eigenvalue weighted by Gasteiger charge is 2.73. The maximum Gasteiger partial charge on any atom is 0.432 e. The number of methoxy groups -OCH3 is 1. The topological polar surface area (TPSA) is 64.8 Å². The lowest BCUT2D eigenvalue weighted by molar-refractivity contribution is -0.591. The van der Waals surface area contributed by atoms with Crippen molar-refractivity contribution in [3.8, 4) is 11.5 Å². The molecule has 0 bridgehead atoms. The fraction of sp³-hybridized carbons (Fsp3) is 0.571. The fourth-order valence-corrected chi connectivity index (χ4v) is 3.60. The molecule has 23 heavy (non-hydrogen) atoms. The number of hydrogen-bond acceptors (Lipinski definition) is 5. The second-order valence-corrected chi connectivity index (χ2v) is 5.94. The van der Waals surface area contributed by atoms with Gasteiger partial charge in [-0.3, -0.25) is 15.0 Å². The highest BCUT2D eigenvalue weighted by molar-refractivity contribution is 5.47. The Hall–Kier alpha value is -2.03. The van der Waals surface area contributed by atoms with Crippen LogP contribution < -0.4 is 9.47 Å². The van der Waals surface area contributed by atoms with Crippen molar-refractivity contribution < 1.29 is 27.6 Å². The van der Waals surface area contributed by atoms with Crippen molar-refractivity contribution in [2.24, 2.45) is 0 Å². The number of halogens is 3. The third kappa shape index (κ3) is 2.21. The Balaban J connectivity index is 2.22. The van der Waals surface area contributed by atoms with E-state index in [2.05, 4.69) is 0 Å². The summed E-state index contributed by atoms with van der Waals surface area (Å²) >= 11 is 0. The van der Waals surface area contributed by atoms with E-state index in [0.717, 1.165) is 0 Å². The number of likely N-dealkylation sites (tertiary alicyclic amines) is 1. The molecule has 9 heteroatoms. The van der Waals surface area contributed by atoms with E-state index in [4.69, 9.17) is 9.47 Å². The van der Waals surface area contributed by atoms with Crippen LogP contribution in [-0.4, -0.2) is 54.9 Å². The third-order valence-electron chi connectivity index (χ3n) is 4.55. The smallest absolute Gasteiger partial charge is 0.432 e. The van der Waals surface area contributed by atoms with Crippen LogP contribution >= 0.6 is 0 Å². The first-order valence-corrected chi connectivity index (χ1v) is 6.94. The van der Waals surface area contributed by atoms with Gasteiger partial charge in [0.05, 0.1) is 19.6 Å². The van der Waals surface area contributed by atoms with Gasteiger partial charge in [0.2, 0.25) is 0 Å². The van der Waals surface area contributed by atoms with E-state index in [-0.39, 0.29) is 18.8 Å². The summed E-state index contributed by atoms with van der Waals surface area (Å²) in [5.41, 5.74) is -1.88. The van der Waals surface area contributed by atoms with Crippen molar-refractivity contribution in [3.63, 3.8) is 0 Å². The van der Waals surface area contributed by atoms with Gasteiger partial charge in [-0.2, -0.15) is 13.2 Å². The molecular weight excluding hydrogens is 317 g/mol. The molecule has 1 aromatic rings. The lowest BCUT2D eigenvalue weighted by atomic mass is 9.75. The number of hydrogen-bond donors (Lipinski definition) is 0. The molecule has 2 aliphatic heterocycles. The third-order valence-corrected chi connectivity index (χ3v) is 4.55. The largest absolute Gasteiger partial charge is 0.497 e. The predicted octanol–water partition coefficient (Wildman–Crippen LogP) is 2.06. The predicted molar refractivity (Wildman–Crippen MR) is 73.4 cm³/mol. The van der Waals surface area contributed by atoms with E-state index in [1.807, 2.05) is 0 Å². The Morgan fingerprint density at radius 1 is 1.48 bits per heavy atom. The van der Waals surface area contributed by atoms with Gasteiger partial charge in [-0.1, -0.05) is 0 Å². The fourth-order valence-electron chi connectivity index (χ4n) is 3.60. The van der Waals surface area contributed by atoms with Crippen molar-refractivity contribution in [1.29, 1.82) is 0 Å². The molecule has 0 saturated carbocycles. The van der Waals surface area contributed by atoms with E-state index < -0.39 is 28.7 Å². The molecule has 3 atom stereocenters. The van der Waals surface area contributed by atoms with Crippen LogP contribution in [0.2, 0.25) is 0 Å². The minimum atomic E-state index is -4.84. The summed E-state index contributed by atoms with van der Waals surface area (Å²) in [5, 5.41) is 11.7. The number of rotatable bonds is 2. The summed E-state index contributed by atoms with van der Waals surface area (Å²) in [4.78, 5) is 12.4. The molecule has 1 saturated heterocycles. The zero-order valence-corrected chi connectivity index (χ0v) is 12.5. The van der Waals surface area contributed by atoms with Crippen LogP contribution in [0.1, 0.15) is 11.5 Å². The second kappa shape index (κ2) is 4.98. The summed E-state index contributed by atoms with van der Waals surface area (Å²) < 4.78 is 50.6.